The Balaban J connectivity index is 2.08. The van der Waals surface area contributed by atoms with E-state index in [0.717, 1.165) is 24.6 Å². The van der Waals surface area contributed by atoms with Crippen LogP contribution in [-0.4, -0.2) is 28.6 Å². The first-order chi connectivity index (χ1) is 9.20. The van der Waals surface area contributed by atoms with E-state index < -0.39 is 0 Å². The van der Waals surface area contributed by atoms with Crippen LogP contribution in [0.15, 0.2) is 12.4 Å². The number of hydrogen-bond acceptors (Lipinski definition) is 4. The molecular weight excluding hydrogens is 236 g/mol. The first-order valence-electron chi connectivity index (χ1n) is 7.51. The molecule has 0 bridgehead atoms. The molecular formula is C15H26N4. The zero-order chi connectivity index (χ0) is 13.7. The predicted octanol–water partition coefficient (Wildman–Crippen LogP) is 2.74. The molecule has 1 aliphatic rings. The molecule has 2 rings (SSSR count). The Kier molecular flexibility index (Phi) is 5.14. The van der Waals surface area contributed by atoms with Crippen LogP contribution in [0.3, 0.4) is 0 Å². The third-order valence-electron chi connectivity index (χ3n) is 3.76. The Bertz CT molecular complexity index is 391. The molecule has 1 fully saturated rings. The number of nitrogens with one attached hydrogen (secondary N) is 1. The molecule has 0 spiro atoms. The van der Waals surface area contributed by atoms with Gasteiger partial charge < -0.3 is 10.2 Å². The predicted molar refractivity (Wildman–Crippen MR) is 79.3 cm³/mol. The van der Waals surface area contributed by atoms with Gasteiger partial charge in [0.15, 0.2) is 0 Å². The van der Waals surface area contributed by atoms with Crippen LogP contribution in [0.4, 0.5) is 5.82 Å². The lowest BCUT2D eigenvalue weighted by molar-refractivity contribution is 0.445. The van der Waals surface area contributed by atoms with E-state index in [9.17, 15) is 0 Å². The van der Waals surface area contributed by atoms with Crippen LogP contribution in [0, 0.1) is 0 Å². The van der Waals surface area contributed by atoms with Crippen LogP contribution < -0.4 is 10.2 Å². The van der Waals surface area contributed by atoms with Gasteiger partial charge in [-0.25, -0.2) is 4.98 Å². The number of anilines is 1. The Morgan fingerprint density at radius 3 is 2.95 bits per heavy atom. The fraction of sp³-hybridized carbons (Fsp3) is 0.733. The highest BCUT2D eigenvalue weighted by atomic mass is 15.2. The largest absolute Gasteiger partial charge is 0.352 e. The van der Waals surface area contributed by atoms with Crippen molar-refractivity contribution in [3.05, 3.63) is 18.1 Å². The van der Waals surface area contributed by atoms with E-state index >= 15 is 0 Å². The maximum atomic E-state index is 4.77. The average molecular weight is 262 g/mol. The monoisotopic (exact) mass is 262 g/mol. The number of rotatable bonds is 5. The second-order valence-corrected chi connectivity index (χ2v) is 5.66. The lowest BCUT2D eigenvalue weighted by Crippen LogP contribution is -2.39. The lowest BCUT2D eigenvalue weighted by atomic mass is 10.0. The summed E-state index contributed by atoms with van der Waals surface area (Å²) in [6.07, 6.45) is 8.86. The molecule has 1 atom stereocenters. The number of nitrogens with zero attached hydrogens (tertiary/aromatic N) is 3. The molecule has 1 saturated heterocycles. The summed E-state index contributed by atoms with van der Waals surface area (Å²) in [5.41, 5.74) is 1.03. The molecule has 1 aromatic rings. The zero-order valence-corrected chi connectivity index (χ0v) is 12.4. The van der Waals surface area contributed by atoms with E-state index in [-0.39, 0.29) is 0 Å². The standard InChI is InChI=1S/C15H26N4/c1-4-14-7-5-6-8-19(14)15-11-16-9-13(18-15)10-17-12(2)3/h9,11-12,14,17H,4-8,10H2,1-3H3. The van der Waals surface area contributed by atoms with Crippen LogP contribution >= 0.6 is 0 Å². The van der Waals surface area contributed by atoms with Gasteiger partial charge in [-0.3, -0.25) is 4.98 Å². The number of hydrogen-bond donors (Lipinski definition) is 1. The van der Waals surface area contributed by atoms with Gasteiger partial charge in [0.05, 0.1) is 11.9 Å². The molecule has 1 unspecified atom stereocenters. The second-order valence-electron chi connectivity index (χ2n) is 5.66. The summed E-state index contributed by atoms with van der Waals surface area (Å²) in [6, 6.07) is 1.11. The fourth-order valence-corrected chi connectivity index (χ4v) is 2.65. The van der Waals surface area contributed by atoms with Crippen molar-refractivity contribution in [1.82, 2.24) is 15.3 Å². The van der Waals surface area contributed by atoms with Gasteiger partial charge >= 0.3 is 0 Å². The molecule has 0 saturated carbocycles. The van der Waals surface area contributed by atoms with Gasteiger partial charge in [0, 0.05) is 31.4 Å². The maximum absolute atomic E-state index is 4.77. The van der Waals surface area contributed by atoms with Crippen LogP contribution in [0.25, 0.3) is 0 Å². The van der Waals surface area contributed by atoms with Crippen molar-refractivity contribution < 1.29 is 0 Å². The summed E-state index contributed by atoms with van der Waals surface area (Å²) in [4.78, 5) is 11.6. The van der Waals surface area contributed by atoms with Crippen LogP contribution in [0.1, 0.15) is 52.1 Å². The highest BCUT2D eigenvalue weighted by Crippen LogP contribution is 2.24. The summed E-state index contributed by atoms with van der Waals surface area (Å²) < 4.78 is 0. The summed E-state index contributed by atoms with van der Waals surface area (Å²) in [7, 11) is 0. The van der Waals surface area contributed by atoms with E-state index in [2.05, 4.69) is 36.0 Å². The van der Waals surface area contributed by atoms with Gasteiger partial charge in [-0.15, -0.1) is 0 Å². The third kappa shape index (κ3) is 3.90. The van der Waals surface area contributed by atoms with Crippen LogP contribution in [0.5, 0.6) is 0 Å². The minimum Gasteiger partial charge on any atom is -0.352 e. The molecule has 19 heavy (non-hydrogen) atoms. The van der Waals surface area contributed by atoms with E-state index in [1.54, 1.807) is 0 Å². The summed E-state index contributed by atoms with van der Waals surface area (Å²) in [5.74, 6) is 1.05. The zero-order valence-electron chi connectivity index (χ0n) is 12.4. The molecule has 0 amide bonds. The molecule has 0 radical (unpaired) electrons. The van der Waals surface area contributed by atoms with Crippen molar-refractivity contribution >= 4 is 5.82 Å². The highest BCUT2D eigenvalue weighted by Gasteiger charge is 2.22. The van der Waals surface area contributed by atoms with Gasteiger partial charge in [0.1, 0.15) is 5.82 Å². The Labute approximate surface area is 116 Å². The van der Waals surface area contributed by atoms with Gasteiger partial charge in [0.25, 0.3) is 0 Å². The van der Waals surface area contributed by atoms with Crippen LogP contribution in [-0.2, 0) is 6.54 Å². The molecule has 2 heterocycles. The van der Waals surface area contributed by atoms with E-state index in [1.807, 2.05) is 12.4 Å². The van der Waals surface area contributed by atoms with Crippen molar-refractivity contribution in [3.8, 4) is 0 Å². The van der Waals surface area contributed by atoms with Crippen molar-refractivity contribution in [2.45, 2.75) is 65.1 Å². The van der Waals surface area contributed by atoms with E-state index in [1.165, 1.54) is 25.7 Å². The average Bonchev–Trinajstić information content (AvgIpc) is 2.45. The van der Waals surface area contributed by atoms with Gasteiger partial charge in [-0.05, 0) is 25.7 Å². The minimum atomic E-state index is 0.476. The quantitative estimate of drug-likeness (QED) is 0.886. The highest BCUT2D eigenvalue weighted by molar-refractivity contribution is 5.38. The Morgan fingerprint density at radius 2 is 2.21 bits per heavy atom. The summed E-state index contributed by atoms with van der Waals surface area (Å²) >= 11 is 0. The second kappa shape index (κ2) is 6.85. The molecule has 106 valence electrons. The third-order valence-corrected chi connectivity index (χ3v) is 3.76. The molecule has 1 aliphatic heterocycles. The first kappa shape index (κ1) is 14.3. The smallest absolute Gasteiger partial charge is 0.147 e. The van der Waals surface area contributed by atoms with Gasteiger partial charge in [-0.2, -0.15) is 0 Å². The Morgan fingerprint density at radius 1 is 1.37 bits per heavy atom. The van der Waals surface area contributed by atoms with E-state index in [0.29, 0.717) is 12.1 Å². The number of piperidine rings is 1. The fourth-order valence-electron chi connectivity index (χ4n) is 2.65. The molecule has 4 nitrogen and oxygen atoms in total. The van der Waals surface area contributed by atoms with Crippen molar-refractivity contribution in [2.24, 2.45) is 0 Å². The lowest BCUT2D eigenvalue weighted by Gasteiger charge is -2.36. The first-order valence-corrected chi connectivity index (χ1v) is 7.51. The molecule has 4 heteroatoms. The summed E-state index contributed by atoms with van der Waals surface area (Å²) in [5, 5.41) is 3.40. The van der Waals surface area contributed by atoms with Crippen molar-refractivity contribution in [2.75, 3.05) is 11.4 Å². The Hall–Kier alpha value is -1.16. The van der Waals surface area contributed by atoms with Crippen molar-refractivity contribution in [3.63, 3.8) is 0 Å². The van der Waals surface area contributed by atoms with E-state index in [4.69, 9.17) is 4.98 Å². The molecule has 1 N–H and O–H groups in total. The maximum Gasteiger partial charge on any atom is 0.147 e. The van der Waals surface area contributed by atoms with Crippen molar-refractivity contribution in [1.29, 1.82) is 0 Å². The number of aromatic nitrogens is 2. The van der Waals surface area contributed by atoms with Gasteiger partial charge in [0.2, 0.25) is 0 Å². The molecule has 0 aromatic carbocycles. The minimum absolute atomic E-state index is 0.476. The van der Waals surface area contributed by atoms with Crippen LogP contribution in [0.2, 0.25) is 0 Å². The summed E-state index contributed by atoms with van der Waals surface area (Å²) in [6.45, 7) is 8.47. The van der Waals surface area contributed by atoms with Gasteiger partial charge in [-0.1, -0.05) is 20.8 Å². The molecule has 0 aliphatic carbocycles. The topological polar surface area (TPSA) is 41.1 Å². The normalized spacial score (nSPS) is 20.0. The SMILES string of the molecule is CCC1CCCCN1c1cncc(CNC(C)C)n1. The molecule has 1 aromatic heterocycles.